The molecule has 0 amide bonds. The number of pyridine rings is 3. The summed E-state index contributed by atoms with van der Waals surface area (Å²) in [5.41, 5.74) is -2.02. The molecule has 1 aliphatic heterocycles. The minimum absolute atomic E-state index is 0.107. The fourth-order valence-electron chi connectivity index (χ4n) is 3.27. The predicted molar refractivity (Wildman–Crippen MR) is 94.8 cm³/mol. The van der Waals surface area contributed by atoms with E-state index in [9.17, 15) is 33.0 Å². The van der Waals surface area contributed by atoms with Crippen molar-refractivity contribution in [1.82, 2.24) is 14.5 Å². The first-order valence-corrected chi connectivity index (χ1v) is 8.50. The lowest BCUT2D eigenvalue weighted by atomic mass is 10.2. The van der Waals surface area contributed by atoms with Crippen LogP contribution in [0.5, 0.6) is 0 Å². The second-order valence-electron chi connectivity index (χ2n) is 6.56. The van der Waals surface area contributed by atoms with E-state index in [4.69, 9.17) is 0 Å². The summed E-state index contributed by atoms with van der Waals surface area (Å²) in [7, 11) is 0. The second kappa shape index (κ2) is 6.85. The van der Waals surface area contributed by atoms with Crippen LogP contribution >= 0.6 is 0 Å². The van der Waals surface area contributed by atoms with E-state index in [-0.39, 0.29) is 18.0 Å². The summed E-state index contributed by atoms with van der Waals surface area (Å²) < 4.78 is 43.1. The molecule has 0 bridgehead atoms. The highest BCUT2D eigenvalue weighted by Gasteiger charge is 2.26. The summed E-state index contributed by atoms with van der Waals surface area (Å²) in [5.74, 6) is -5.29. The van der Waals surface area contributed by atoms with E-state index in [1.165, 1.54) is 4.90 Å². The monoisotopic (exact) mass is 406 g/mol. The average molecular weight is 406 g/mol. The number of aliphatic hydroxyl groups excluding tert-OH is 1. The Morgan fingerprint density at radius 3 is 2.52 bits per heavy atom. The summed E-state index contributed by atoms with van der Waals surface area (Å²) in [4.78, 5) is 33.1. The van der Waals surface area contributed by atoms with Gasteiger partial charge in [-0.25, -0.2) is 27.9 Å². The lowest BCUT2D eigenvalue weighted by molar-refractivity contribution is 0.0695. The number of aromatic carboxylic acids is 1. The van der Waals surface area contributed by atoms with E-state index >= 15 is 0 Å². The van der Waals surface area contributed by atoms with Crippen LogP contribution in [0.2, 0.25) is 0 Å². The third-order valence-electron chi connectivity index (χ3n) is 4.62. The maximum absolute atomic E-state index is 14.7. The van der Waals surface area contributed by atoms with Crippen LogP contribution in [-0.2, 0) is 0 Å². The van der Waals surface area contributed by atoms with E-state index < -0.39 is 51.7 Å². The number of rotatable bonds is 3. The van der Waals surface area contributed by atoms with Crippen LogP contribution in [0.1, 0.15) is 16.8 Å². The predicted octanol–water partition coefficient (Wildman–Crippen LogP) is 1.47. The number of nitrogens with zero attached hydrogens (tertiary/aromatic N) is 4. The highest BCUT2D eigenvalue weighted by molar-refractivity contribution is 5.92. The first-order chi connectivity index (χ1) is 13.8. The smallest absolute Gasteiger partial charge is 0.341 e. The Morgan fingerprint density at radius 2 is 1.90 bits per heavy atom. The third-order valence-corrected chi connectivity index (χ3v) is 4.62. The largest absolute Gasteiger partial charge is 0.477 e. The molecule has 1 atom stereocenters. The molecule has 1 aliphatic rings. The van der Waals surface area contributed by atoms with Gasteiger partial charge in [0.1, 0.15) is 11.4 Å². The highest BCUT2D eigenvalue weighted by Crippen LogP contribution is 2.26. The van der Waals surface area contributed by atoms with Crippen molar-refractivity contribution in [3.05, 3.63) is 57.8 Å². The molecular formula is C18H13F3N4O4. The minimum Gasteiger partial charge on any atom is -0.477 e. The molecule has 1 saturated heterocycles. The normalized spacial score (nSPS) is 16.6. The van der Waals surface area contributed by atoms with Crippen LogP contribution in [0.15, 0.2) is 29.3 Å². The van der Waals surface area contributed by atoms with Gasteiger partial charge in [-0.3, -0.25) is 9.36 Å². The molecule has 1 fully saturated rings. The molecule has 3 aromatic rings. The molecule has 150 valence electrons. The number of β-amino-alcohol motifs (C(OH)–C–C–N with tert-alkyl or cyclic N) is 1. The summed E-state index contributed by atoms with van der Waals surface area (Å²) in [6.45, 7) is 0.410. The Hall–Kier alpha value is -3.47. The fourth-order valence-corrected chi connectivity index (χ4v) is 3.27. The van der Waals surface area contributed by atoms with Gasteiger partial charge in [0.2, 0.25) is 5.43 Å². The van der Waals surface area contributed by atoms with Gasteiger partial charge in [0.05, 0.1) is 17.7 Å². The van der Waals surface area contributed by atoms with Crippen LogP contribution in [0.4, 0.5) is 19.0 Å². The van der Waals surface area contributed by atoms with Gasteiger partial charge in [-0.2, -0.15) is 0 Å². The maximum atomic E-state index is 14.7. The van der Waals surface area contributed by atoms with Gasteiger partial charge >= 0.3 is 5.97 Å². The Morgan fingerprint density at radius 1 is 1.17 bits per heavy atom. The molecular weight excluding hydrogens is 393 g/mol. The number of hydrogen-bond donors (Lipinski definition) is 2. The van der Waals surface area contributed by atoms with Crippen molar-refractivity contribution in [2.45, 2.75) is 12.5 Å². The summed E-state index contributed by atoms with van der Waals surface area (Å²) in [6, 6.07) is 1.35. The Bertz CT molecular complexity index is 1210. The maximum Gasteiger partial charge on any atom is 0.341 e. The molecule has 0 aliphatic carbocycles. The van der Waals surface area contributed by atoms with Gasteiger partial charge in [-0.15, -0.1) is 0 Å². The second-order valence-corrected chi connectivity index (χ2v) is 6.56. The number of hydrogen-bond acceptors (Lipinski definition) is 6. The molecule has 4 rings (SSSR count). The zero-order chi connectivity index (χ0) is 20.9. The van der Waals surface area contributed by atoms with Gasteiger partial charge in [0, 0.05) is 25.4 Å². The number of aliphatic hydroxyl groups is 1. The van der Waals surface area contributed by atoms with E-state index in [1.54, 1.807) is 0 Å². The van der Waals surface area contributed by atoms with Crippen molar-refractivity contribution in [2.24, 2.45) is 0 Å². The lowest BCUT2D eigenvalue weighted by Gasteiger charge is -2.19. The average Bonchev–Trinajstić information content (AvgIpc) is 3.08. The topological polar surface area (TPSA) is 109 Å². The van der Waals surface area contributed by atoms with Crippen molar-refractivity contribution in [3.8, 4) is 5.82 Å². The van der Waals surface area contributed by atoms with Gasteiger partial charge < -0.3 is 15.1 Å². The minimum atomic E-state index is -1.61. The van der Waals surface area contributed by atoms with Gasteiger partial charge in [-0.05, 0) is 12.5 Å². The fraction of sp³-hybridized carbons (Fsp3) is 0.222. The number of fused-ring (bicyclic) bond motifs is 1. The molecule has 0 aromatic carbocycles. The molecule has 0 saturated carbocycles. The Labute approximate surface area is 160 Å². The Balaban J connectivity index is 2.05. The SMILES string of the molecule is O=C(O)c1cn(-c2ncc(F)cc2F)c2nc(N3CCC(O)C3)c(F)cc2c1=O. The van der Waals surface area contributed by atoms with Crippen molar-refractivity contribution in [2.75, 3.05) is 18.0 Å². The standard InChI is InChI=1S/C18H13F3N4O4/c19-8-3-12(20)16(22-5-8)25-7-11(18(28)29)14(27)10-4-13(21)17(23-15(10)25)24-2-1-9(26)6-24/h3-5,7,9,26H,1-2,6H2,(H,28,29). The molecule has 11 heteroatoms. The zero-order valence-corrected chi connectivity index (χ0v) is 14.6. The van der Waals surface area contributed by atoms with Crippen LogP contribution in [-0.4, -0.2) is 49.9 Å². The van der Waals surface area contributed by atoms with Gasteiger partial charge in [0.25, 0.3) is 0 Å². The first kappa shape index (κ1) is 18.9. The molecule has 0 radical (unpaired) electrons. The van der Waals surface area contributed by atoms with Crippen molar-refractivity contribution >= 4 is 22.8 Å². The van der Waals surface area contributed by atoms with Crippen LogP contribution in [0, 0.1) is 17.5 Å². The number of halogens is 3. The van der Waals surface area contributed by atoms with Crippen LogP contribution in [0.3, 0.4) is 0 Å². The number of carbonyl (C=O) groups is 1. The molecule has 4 heterocycles. The summed E-state index contributed by atoms with van der Waals surface area (Å²) in [5, 5.41) is 18.6. The van der Waals surface area contributed by atoms with E-state index in [1.807, 2.05) is 0 Å². The van der Waals surface area contributed by atoms with E-state index in [0.717, 1.165) is 16.8 Å². The number of carboxylic acid groups (broad SMARTS) is 1. The molecule has 8 nitrogen and oxygen atoms in total. The zero-order valence-electron chi connectivity index (χ0n) is 14.6. The van der Waals surface area contributed by atoms with Crippen molar-refractivity contribution in [3.63, 3.8) is 0 Å². The third kappa shape index (κ3) is 3.18. The quantitative estimate of drug-likeness (QED) is 0.678. The number of aromatic nitrogens is 3. The van der Waals surface area contributed by atoms with Crippen LogP contribution < -0.4 is 10.3 Å². The molecule has 2 N–H and O–H groups in total. The Kier molecular flexibility index (Phi) is 4.46. The number of anilines is 1. The van der Waals surface area contributed by atoms with Gasteiger partial charge in [0.15, 0.2) is 28.9 Å². The molecule has 0 spiro atoms. The van der Waals surface area contributed by atoms with Gasteiger partial charge in [-0.1, -0.05) is 0 Å². The number of carboxylic acids is 1. The summed E-state index contributed by atoms with van der Waals surface area (Å²) in [6.07, 6.45) is 1.23. The van der Waals surface area contributed by atoms with Crippen molar-refractivity contribution in [1.29, 1.82) is 0 Å². The molecule has 29 heavy (non-hydrogen) atoms. The molecule has 3 aromatic heterocycles. The lowest BCUT2D eigenvalue weighted by Crippen LogP contribution is -2.25. The van der Waals surface area contributed by atoms with Crippen LogP contribution in [0.25, 0.3) is 16.9 Å². The molecule has 1 unspecified atom stereocenters. The van der Waals surface area contributed by atoms with Crippen molar-refractivity contribution < 1.29 is 28.2 Å². The van der Waals surface area contributed by atoms with E-state index in [2.05, 4.69) is 9.97 Å². The summed E-state index contributed by atoms with van der Waals surface area (Å²) >= 11 is 0. The first-order valence-electron chi connectivity index (χ1n) is 8.50. The van der Waals surface area contributed by atoms with E-state index in [0.29, 0.717) is 25.2 Å². The highest BCUT2D eigenvalue weighted by atomic mass is 19.1.